The largest absolute Gasteiger partial charge is 0.457 e. The number of anilines is 1. The Morgan fingerprint density at radius 3 is 2.37 bits per heavy atom. The molecular weight excluding hydrogens is 507 g/mol. The molecule has 1 spiro atoms. The first kappa shape index (κ1) is 24.6. The lowest BCUT2D eigenvalue weighted by Crippen LogP contribution is -2.34. The number of amides is 1. The van der Waals surface area contributed by atoms with E-state index in [4.69, 9.17) is 13.9 Å². The van der Waals surface area contributed by atoms with Crippen LogP contribution in [0.3, 0.4) is 0 Å². The molecule has 1 aliphatic heterocycles. The van der Waals surface area contributed by atoms with E-state index < -0.39 is 11.0 Å². The van der Waals surface area contributed by atoms with Gasteiger partial charge in [0.15, 0.2) is 0 Å². The number of rotatable bonds is 5. The molecule has 3 aromatic carbocycles. The fourth-order valence-electron chi connectivity index (χ4n) is 5.02. The molecule has 2 aliphatic rings. The third-order valence-electron chi connectivity index (χ3n) is 7.14. The molecule has 1 amide bonds. The van der Waals surface area contributed by atoms with E-state index in [1.807, 2.05) is 35.5 Å². The van der Waals surface area contributed by atoms with Gasteiger partial charge in [0, 0.05) is 35.9 Å². The first-order chi connectivity index (χ1) is 18.3. The van der Waals surface area contributed by atoms with Gasteiger partial charge in [-0.1, -0.05) is 0 Å². The van der Waals surface area contributed by atoms with Gasteiger partial charge in [0.25, 0.3) is 5.91 Å². The summed E-state index contributed by atoms with van der Waals surface area (Å²) in [6, 6.07) is 16.7. The molecule has 196 valence electrons. The van der Waals surface area contributed by atoms with Gasteiger partial charge in [-0.05, 0) is 74.4 Å². The van der Waals surface area contributed by atoms with Crippen LogP contribution < -0.4 is 14.4 Å². The van der Waals surface area contributed by atoms with Gasteiger partial charge in [0.1, 0.15) is 39.6 Å². The normalized spacial score (nSPS) is 18.6. The van der Waals surface area contributed by atoms with Gasteiger partial charge in [0.2, 0.25) is 0 Å². The molecule has 1 saturated carbocycles. The number of hydrogen-bond donors (Lipinski definition) is 1. The van der Waals surface area contributed by atoms with Gasteiger partial charge >= 0.3 is 0 Å². The average molecular weight is 535 g/mol. The van der Waals surface area contributed by atoms with E-state index in [1.54, 1.807) is 37.6 Å². The molecule has 7 nitrogen and oxygen atoms in total. The Morgan fingerprint density at radius 1 is 1.11 bits per heavy atom. The van der Waals surface area contributed by atoms with Crippen molar-refractivity contribution in [1.82, 2.24) is 5.32 Å². The third-order valence-corrected chi connectivity index (χ3v) is 8.09. The molecule has 38 heavy (non-hydrogen) atoms. The van der Waals surface area contributed by atoms with Crippen LogP contribution in [0.25, 0.3) is 22.3 Å². The molecule has 9 heteroatoms. The molecule has 2 unspecified atom stereocenters. The predicted octanol–water partition coefficient (Wildman–Crippen LogP) is 6.11. The lowest BCUT2D eigenvalue weighted by Gasteiger charge is -2.24. The van der Waals surface area contributed by atoms with E-state index in [9.17, 15) is 13.4 Å². The van der Waals surface area contributed by atoms with Crippen LogP contribution in [0, 0.1) is 5.82 Å². The molecule has 4 aromatic rings. The van der Waals surface area contributed by atoms with Gasteiger partial charge in [-0.15, -0.1) is 0 Å². The van der Waals surface area contributed by atoms with Crippen LogP contribution >= 0.6 is 0 Å². The minimum Gasteiger partial charge on any atom is -0.457 e. The number of furan rings is 1. The van der Waals surface area contributed by atoms with Gasteiger partial charge in [-0.25, -0.2) is 8.60 Å². The van der Waals surface area contributed by atoms with Crippen molar-refractivity contribution >= 4 is 33.5 Å². The lowest BCUT2D eigenvalue weighted by molar-refractivity contribution is -0.0114. The lowest BCUT2D eigenvalue weighted by atomic mass is 10.0. The first-order valence-electron chi connectivity index (χ1n) is 12.4. The topological polar surface area (TPSA) is 81.0 Å². The number of nitrogens with one attached hydrogen (secondary N) is 1. The van der Waals surface area contributed by atoms with E-state index in [1.165, 1.54) is 12.1 Å². The number of carbonyl (C=O) groups excluding carboxylic acids is 1. The number of ether oxygens (including phenoxy) is 2. The molecular formula is C29H27FN2O5S. The summed E-state index contributed by atoms with van der Waals surface area (Å²) in [6.45, 7) is 2.54. The van der Waals surface area contributed by atoms with Gasteiger partial charge in [0.05, 0.1) is 29.5 Å². The zero-order valence-corrected chi connectivity index (χ0v) is 22.1. The second kappa shape index (κ2) is 9.25. The molecule has 1 aliphatic carbocycles. The Labute approximate surface area is 222 Å². The second-order valence-corrected chi connectivity index (χ2v) is 11.1. The summed E-state index contributed by atoms with van der Waals surface area (Å²) in [7, 11) is 0.325. The van der Waals surface area contributed by atoms with E-state index >= 15 is 0 Å². The van der Waals surface area contributed by atoms with Gasteiger partial charge in [-0.3, -0.25) is 9.10 Å². The minimum atomic E-state index is -1.26. The van der Waals surface area contributed by atoms with Crippen LogP contribution in [0.5, 0.6) is 11.5 Å². The van der Waals surface area contributed by atoms with Gasteiger partial charge < -0.3 is 19.2 Å². The highest BCUT2D eigenvalue weighted by atomic mass is 32.2. The van der Waals surface area contributed by atoms with Crippen LogP contribution in [0.4, 0.5) is 10.1 Å². The van der Waals surface area contributed by atoms with Crippen LogP contribution in [-0.2, 0) is 15.7 Å². The summed E-state index contributed by atoms with van der Waals surface area (Å²) in [5, 5.41) is 3.39. The maximum atomic E-state index is 13.2. The van der Waals surface area contributed by atoms with E-state index in [0.29, 0.717) is 45.9 Å². The minimum absolute atomic E-state index is 0.232. The Balaban J connectivity index is 1.43. The van der Waals surface area contributed by atoms with E-state index in [-0.39, 0.29) is 23.4 Å². The zero-order valence-electron chi connectivity index (χ0n) is 21.2. The highest BCUT2D eigenvalue weighted by molar-refractivity contribution is 7.85. The molecule has 0 saturated heterocycles. The van der Waals surface area contributed by atoms with Crippen molar-refractivity contribution in [2.75, 3.05) is 24.2 Å². The Morgan fingerprint density at radius 2 is 1.76 bits per heavy atom. The Bertz CT molecular complexity index is 1560. The molecule has 1 N–H and O–H groups in total. The summed E-state index contributed by atoms with van der Waals surface area (Å²) < 4.78 is 46.3. The molecule has 0 bridgehead atoms. The van der Waals surface area contributed by atoms with Crippen molar-refractivity contribution in [3.05, 3.63) is 77.6 Å². The fraction of sp³-hybridized carbons (Fsp3) is 0.276. The van der Waals surface area contributed by atoms with Crippen molar-refractivity contribution in [3.8, 4) is 22.8 Å². The van der Waals surface area contributed by atoms with Gasteiger partial charge in [-0.2, -0.15) is 0 Å². The van der Waals surface area contributed by atoms with Crippen molar-refractivity contribution in [2.45, 2.75) is 31.5 Å². The highest BCUT2D eigenvalue weighted by Crippen LogP contribution is 2.50. The molecule has 2 atom stereocenters. The quantitative estimate of drug-likeness (QED) is 0.334. The molecule has 0 radical (unpaired) electrons. The summed E-state index contributed by atoms with van der Waals surface area (Å²) in [4.78, 5) is 13.1. The Hall–Kier alpha value is -3.69. The van der Waals surface area contributed by atoms with Crippen LogP contribution in [0.2, 0.25) is 0 Å². The van der Waals surface area contributed by atoms with Crippen molar-refractivity contribution in [1.29, 1.82) is 0 Å². The number of nitrogens with zero attached hydrogens (tertiary/aromatic N) is 1. The summed E-state index contributed by atoms with van der Waals surface area (Å²) in [6.07, 6.45) is 3.30. The predicted molar refractivity (Wildman–Crippen MR) is 144 cm³/mol. The molecule has 1 aromatic heterocycles. The standard InChI is InChI=1S/C29H27FN2O5S/c1-17-22-14-23-25(15-24(22)32(38(3)34)16-29(37-17)12-13-29)36-27(26(23)28(33)31-2)18-4-8-20(9-5-18)35-21-10-6-19(30)7-11-21/h4-11,14-15,17H,12-13,16H2,1-3H3,(H,31,33). The van der Waals surface area contributed by atoms with Crippen LogP contribution in [0.1, 0.15) is 41.8 Å². The number of fused-ring (bicyclic) bond motifs is 2. The van der Waals surface area contributed by atoms with E-state index in [0.717, 1.165) is 24.1 Å². The monoisotopic (exact) mass is 534 g/mol. The SMILES string of the molecule is CNC(=O)c1c(-c2ccc(Oc3ccc(F)cc3)cc2)oc2cc3c(cc12)C(C)OC1(CC1)CN3S(C)=O. The zero-order chi connectivity index (χ0) is 26.6. The maximum Gasteiger partial charge on any atom is 0.255 e. The average Bonchev–Trinajstić information content (AvgIpc) is 3.59. The van der Waals surface area contributed by atoms with Crippen molar-refractivity contribution in [2.24, 2.45) is 0 Å². The number of carbonyl (C=O) groups is 1. The second-order valence-electron chi connectivity index (χ2n) is 9.78. The van der Waals surface area contributed by atoms with E-state index in [2.05, 4.69) is 5.32 Å². The molecule has 6 rings (SSSR count). The smallest absolute Gasteiger partial charge is 0.255 e. The summed E-state index contributed by atoms with van der Waals surface area (Å²) >= 11 is 0. The number of halogens is 1. The van der Waals surface area contributed by atoms with Crippen molar-refractivity contribution in [3.63, 3.8) is 0 Å². The number of hydrogen-bond acceptors (Lipinski definition) is 5. The highest BCUT2D eigenvalue weighted by Gasteiger charge is 2.49. The molecule has 1 fully saturated rings. The van der Waals surface area contributed by atoms with Crippen LogP contribution in [0.15, 0.2) is 65.1 Å². The molecule has 2 heterocycles. The van der Waals surface area contributed by atoms with Crippen molar-refractivity contribution < 1.29 is 27.3 Å². The third kappa shape index (κ3) is 4.35. The number of benzene rings is 3. The fourth-order valence-corrected chi connectivity index (χ4v) is 5.88. The first-order valence-corrected chi connectivity index (χ1v) is 13.9. The Kier molecular flexibility index (Phi) is 6.00. The summed E-state index contributed by atoms with van der Waals surface area (Å²) in [5.41, 5.74) is 3.02. The van der Waals surface area contributed by atoms with Crippen LogP contribution in [-0.4, -0.2) is 35.6 Å². The summed E-state index contributed by atoms with van der Waals surface area (Å²) in [5.74, 6) is 0.882. The maximum absolute atomic E-state index is 13.2.